The maximum atomic E-state index is 4.80. The van der Waals surface area contributed by atoms with Crippen LogP contribution in [0.5, 0.6) is 0 Å². The molecule has 1 aromatic heterocycles. The summed E-state index contributed by atoms with van der Waals surface area (Å²) in [4.78, 5) is 10.4. The third kappa shape index (κ3) is 4.09. The average molecular weight is 337 g/mol. The molecule has 0 saturated carbocycles. The lowest BCUT2D eigenvalue weighted by Crippen LogP contribution is -2.13. The molecule has 0 aliphatic heterocycles. The van der Waals surface area contributed by atoms with Gasteiger partial charge in [0.1, 0.15) is 7.22 Å². The Balaban J connectivity index is 2.11. The Bertz CT molecular complexity index is 839. The number of hydrogen-bond acceptors (Lipinski definition) is 3. The van der Waals surface area contributed by atoms with Crippen molar-refractivity contribution in [3.8, 4) is 0 Å². The van der Waals surface area contributed by atoms with E-state index >= 15 is 0 Å². The molecule has 2 nitrogen and oxygen atoms in total. The summed E-state index contributed by atoms with van der Waals surface area (Å²) in [6.07, 6.45) is 3.65. The van der Waals surface area contributed by atoms with E-state index in [4.69, 9.17) is 4.99 Å². The molecule has 1 heterocycles. The predicted octanol–water partition coefficient (Wildman–Crippen LogP) is 5.91. The van der Waals surface area contributed by atoms with Crippen LogP contribution in [0.3, 0.4) is 0 Å². The van der Waals surface area contributed by atoms with Crippen molar-refractivity contribution < 1.29 is 0 Å². The van der Waals surface area contributed by atoms with Crippen molar-refractivity contribution in [2.75, 3.05) is 0 Å². The van der Waals surface area contributed by atoms with Crippen molar-refractivity contribution in [2.45, 2.75) is 24.5 Å². The molecule has 4 heteroatoms. The molecule has 0 radical (unpaired) electrons. The van der Waals surface area contributed by atoms with E-state index in [1.165, 1.54) is 15.7 Å². The fraction of sp³-hybridized carbons (Fsp3) is 0.158. The van der Waals surface area contributed by atoms with Crippen LogP contribution in [0.25, 0.3) is 10.8 Å². The van der Waals surface area contributed by atoms with Gasteiger partial charge in [-0.2, -0.15) is 0 Å². The van der Waals surface area contributed by atoms with Crippen molar-refractivity contribution in [1.29, 1.82) is 0 Å². The van der Waals surface area contributed by atoms with Crippen molar-refractivity contribution in [2.24, 2.45) is 4.99 Å². The highest BCUT2D eigenvalue weighted by Crippen LogP contribution is 2.40. The van der Waals surface area contributed by atoms with Crippen LogP contribution in [0.2, 0.25) is 19.6 Å². The molecule has 3 rings (SSSR count). The number of nitrogens with zero attached hydrogens (tertiary/aromatic N) is 2. The molecule has 0 saturated heterocycles. The number of pyridine rings is 1. The minimum Gasteiger partial charge on any atom is -0.255 e. The smallest absolute Gasteiger partial charge is 0.114 e. The number of aliphatic imine (C=N–C) groups is 1. The maximum Gasteiger partial charge on any atom is 0.114 e. The highest BCUT2D eigenvalue weighted by atomic mass is 32.4. The average Bonchev–Trinajstić information content (AvgIpc) is 2.53. The van der Waals surface area contributed by atoms with Gasteiger partial charge in [-0.3, -0.25) is 9.98 Å². The Labute approximate surface area is 142 Å². The molecular weight excluding hydrogens is 316 g/mol. The third-order valence-corrected chi connectivity index (χ3v) is 6.95. The van der Waals surface area contributed by atoms with E-state index in [1.54, 1.807) is 6.20 Å². The predicted molar refractivity (Wildman–Crippen MR) is 105 cm³/mol. The second-order valence-corrected chi connectivity index (χ2v) is 15.5. The van der Waals surface area contributed by atoms with Crippen LogP contribution in [-0.2, 0) is 0 Å². The van der Waals surface area contributed by atoms with Gasteiger partial charge in [0.25, 0.3) is 0 Å². The minimum absolute atomic E-state index is 0.879. The normalized spacial score (nSPS) is 12.1. The van der Waals surface area contributed by atoms with Crippen molar-refractivity contribution in [1.82, 2.24) is 4.98 Å². The summed E-state index contributed by atoms with van der Waals surface area (Å²) in [6, 6.07) is 18.7. The Morgan fingerprint density at radius 1 is 0.957 bits per heavy atom. The quantitative estimate of drug-likeness (QED) is 0.437. The molecule has 0 aliphatic rings. The fourth-order valence-electron chi connectivity index (χ4n) is 2.36. The van der Waals surface area contributed by atoms with Gasteiger partial charge in [-0.15, -0.1) is 11.2 Å². The van der Waals surface area contributed by atoms with Gasteiger partial charge in [0.15, 0.2) is 0 Å². The van der Waals surface area contributed by atoms with E-state index in [9.17, 15) is 0 Å². The lowest BCUT2D eigenvalue weighted by molar-refractivity contribution is 1.30. The van der Waals surface area contributed by atoms with Crippen LogP contribution in [0, 0.1) is 0 Å². The molecule has 0 amide bonds. The first-order chi connectivity index (χ1) is 11.0. The summed E-state index contributed by atoms with van der Waals surface area (Å²) in [6.45, 7) is 7.08. The summed E-state index contributed by atoms with van der Waals surface area (Å²) in [7, 11) is -1.30. The summed E-state index contributed by atoms with van der Waals surface area (Å²) in [5.74, 6) is 0. The minimum atomic E-state index is -1.30. The number of hydrogen-bond donors (Lipinski definition) is 0. The summed E-state index contributed by atoms with van der Waals surface area (Å²) in [5, 5.41) is 2.42. The van der Waals surface area contributed by atoms with Gasteiger partial charge in [-0.25, -0.2) is 0 Å². The zero-order valence-electron chi connectivity index (χ0n) is 13.7. The van der Waals surface area contributed by atoms with Crippen molar-refractivity contribution in [3.63, 3.8) is 0 Å². The van der Waals surface area contributed by atoms with Gasteiger partial charge in [0.2, 0.25) is 0 Å². The Morgan fingerprint density at radius 3 is 2.48 bits per heavy atom. The van der Waals surface area contributed by atoms with E-state index in [0.29, 0.717) is 0 Å². The zero-order chi connectivity index (χ0) is 16.3. The molecule has 3 aromatic rings. The highest BCUT2D eigenvalue weighted by Gasteiger charge is 2.18. The maximum absolute atomic E-state index is 4.80. The third-order valence-electron chi connectivity index (χ3n) is 3.29. The van der Waals surface area contributed by atoms with Crippen LogP contribution in [0.15, 0.2) is 70.7 Å². The molecule has 23 heavy (non-hydrogen) atoms. The lowest BCUT2D eigenvalue weighted by Gasteiger charge is -2.17. The van der Waals surface area contributed by atoms with Crippen molar-refractivity contribution >= 4 is 41.1 Å². The summed E-state index contributed by atoms with van der Waals surface area (Å²) < 4.78 is 0. The summed E-state index contributed by atoms with van der Waals surface area (Å²) >= 11 is 1.98. The number of rotatable bonds is 4. The molecule has 0 fully saturated rings. The lowest BCUT2D eigenvalue weighted by atomic mass is 10.1. The van der Waals surface area contributed by atoms with Gasteiger partial charge in [0, 0.05) is 16.5 Å². The second kappa shape index (κ2) is 6.68. The second-order valence-electron chi connectivity index (χ2n) is 6.36. The van der Waals surface area contributed by atoms with Gasteiger partial charge in [0.05, 0.1) is 17.6 Å². The molecule has 0 bridgehead atoms. The highest BCUT2D eigenvalue weighted by molar-refractivity contribution is 8.28. The topological polar surface area (TPSA) is 25.2 Å². The van der Waals surface area contributed by atoms with Crippen molar-refractivity contribution in [3.05, 3.63) is 66.5 Å². The van der Waals surface area contributed by atoms with Crippen LogP contribution in [0.1, 0.15) is 5.69 Å². The number of aromatic nitrogens is 1. The monoisotopic (exact) mass is 336 g/mol. The van der Waals surface area contributed by atoms with E-state index in [-0.39, 0.29) is 0 Å². The Kier molecular flexibility index (Phi) is 4.64. The molecule has 116 valence electrons. The van der Waals surface area contributed by atoms with Gasteiger partial charge < -0.3 is 0 Å². The Morgan fingerprint density at radius 2 is 1.74 bits per heavy atom. The standard InChI is InChI=1S/C19H20N2SSi/c1-23(2,3)22-18-12-11-15-8-4-5-10-17(15)19(18)21-14-16-9-6-7-13-20-16/h4-14H,1-3H3. The van der Waals surface area contributed by atoms with E-state index in [2.05, 4.69) is 61.0 Å². The first-order valence-electron chi connectivity index (χ1n) is 7.69. The van der Waals surface area contributed by atoms with Gasteiger partial charge in [-0.05, 0) is 23.6 Å². The SMILES string of the molecule is C[Si](C)(C)Sc1ccc2ccccc2c1N=Cc1ccccn1. The molecule has 0 spiro atoms. The van der Waals surface area contributed by atoms with Crippen LogP contribution >= 0.6 is 11.2 Å². The van der Waals surface area contributed by atoms with E-state index in [0.717, 1.165) is 11.4 Å². The first kappa shape index (κ1) is 16.0. The van der Waals surface area contributed by atoms with Gasteiger partial charge >= 0.3 is 0 Å². The molecule has 2 aromatic carbocycles. The fourth-order valence-corrected chi connectivity index (χ4v) is 5.89. The van der Waals surface area contributed by atoms with Gasteiger partial charge in [-0.1, -0.05) is 56.0 Å². The number of fused-ring (bicyclic) bond motifs is 1. The van der Waals surface area contributed by atoms with E-state index in [1.807, 2.05) is 35.6 Å². The molecule has 0 N–H and O–H groups in total. The van der Waals surface area contributed by atoms with Crippen LogP contribution in [-0.4, -0.2) is 18.4 Å². The molecule has 0 atom stereocenters. The molecule has 0 unspecified atom stereocenters. The summed E-state index contributed by atoms with van der Waals surface area (Å²) in [5.41, 5.74) is 1.94. The van der Waals surface area contributed by atoms with E-state index < -0.39 is 7.22 Å². The molecule has 0 aliphatic carbocycles. The van der Waals surface area contributed by atoms with Crippen LogP contribution < -0.4 is 0 Å². The number of benzene rings is 2. The van der Waals surface area contributed by atoms with Crippen LogP contribution in [0.4, 0.5) is 5.69 Å². The first-order valence-corrected chi connectivity index (χ1v) is 12.7. The zero-order valence-corrected chi connectivity index (χ0v) is 15.5. The molecular formula is C19H20N2SSi. The largest absolute Gasteiger partial charge is 0.255 e. The Hall–Kier alpha value is -1.91.